The van der Waals surface area contributed by atoms with E-state index in [0.717, 1.165) is 0 Å². The van der Waals surface area contributed by atoms with E-state index in [2.05, 4.69) is 20.2 Å². The lowest BCUT2D eigenvalue weighted by atomic mass is 9.97. The second-order valence-corrected chi connectivity index (χ2v) is 6.76. The number of carbonyl (C=O) groups excluding carboxylic acids is 1. The van der Waals surface area contributed by atoms with E-state index in [4.69, 9.17) is 4.74 Å². The highest BCUT2D eigenvalue weighted by molar-refractivity contribution is 5.93. The van der Waals surface area contributed by atoms with Gasteiger partial charge in [0.2, 0.25) is 11.9 Å². The summed E-state index contributed by atoms with van der Waals surface area (Å²) >= 11 is 0. The minimum Gasteiger partial charge on any atom is -0.367 e. The van der Waals surface area contributed by atoms with Gasteiger partial charge in [0.25, 0.3) is 0 Å². The van der Waals surface area contributed by atoms with Crippen LogP contribution in [0.1, 0.15) is 34.6 Å². The minimum atomic E-state index is -0.278. The maximum atomic E-state index is 12.4. The molecule has 0 bridgehead atoms. The Labute approximate surface area is 125 Å². The van der Waals surface area contributed by atoms with Crippen molar-refractivity contribution in [1.82, 2.24) is 14.9 Å². The first-order chi connectivity index (χ1) is 9.69. The van der Waals surface area contributed by atoms with E-state index >= 15 is 0 Å². The highest BCUT2D eigenvalue weighted by atomic mass is 16.5. The van der Waals surface area contributed by atoms with Gasteiger partial charge in [0.15, 0.2) is 0 Å². The number of aromatic nitrogens is 2. The summed E-state index contributed by atoms with van der Waals surface area (Å²) in [5.74, 6) is 0.232. The summed E-state index contributed by atoms with van der Waals surface area (Å²) in [6.45, 7) is 11.5. The molecule has 1 aromatic heterocycles. The Kier molecular flexibility index (Phi) is 4.30. The largest absolute Gasteiger partial charge is 0.367 e. The average molecular weight is 292 g/mol. The monoisotopic (exact) mass is 292 g/mol. The molecule has 1 amide bonds. The molecule has 0 radical (unpaired) electrons. The van der Waals surface area contributed by atoms with Gasteiger partial charge in [0.1, 0.15) is 0 Å². The topological polar surface area (TPSA) is 67.4 Å². The molecule has 1 aromatic rings. The number of hydrogen-bond acceptors (Lipinski definition) is 5. The molecule has 1 atom stereocenters. The standard InChI is InChI=1S/C15H24N4O2/c1-11(12(20)18-13-16-7-6-8-17-13)19-9-14(2,3)21-15(4,5)10-19/h6-8,11H,9-10H2,1-5H3,(H,16,17,18,20)/t11-/m0/s1. The maximum Gasteiger partial charge on any atom is 0.243 e. The van der Waals surface area contributed by atoms with E-state index in [9.17, 15) is 4.79 Å². The van der Waals surface area contributed by atoms with E-state index in [1.807, 2.05) is 34.6 Å². The Morgan fingerprint density at radius 1 is 1.24 bits per heavy atom. The van der Waals surface area contributed by atoms with Crippen LogP contribution in [0.15, 0.2) is 18.5 Å². The molecule has 1 aliphatic heterocycles. The zero-order valence-electron chi connectivity index (χ0n) is 13.4. The lowest BCUT2D eigenvalue weighted by molar-refractivity contribution is -0.187. The zero-order chi connectivity index (χ0) is 15.7. The van der Waals surface area contributed by atoms with Crippen LogP contribution in [-0.2, 0) is 9.53 Å². The van der Waals surface area contributed by atoms with E-state index in [1.54, 1.807) is 18.5 Å². The van der Waals surface area contributed by atoms with Crippen molar-refractivity contribution in [2.45, 2.75) is 51.9 Å². The number of amides is 1. The molecule has 0 spiro atoms. The molecule has 0 aliphatic carbocycles. The van der Waals surface area contributed by atoms with Crippen LogP contribution in [0.25, 0.3) is 0 Å². The van der Waals surface area contributed by atoms with E-state index in [-0.39, 0.29) is 23.2 Å². The number of ether oxygens (including phenoxy) is 1. The third kappa shape index (κ3) is 4.22. The van der Waals surface area contributed by atoms with Gasteiger partial charge in [-0.2, -0.15) is 0 Å². The molecule has 1 saturated heterocycles. The van der Waals surface area contributed by atoms with Gasteiger partial charge >= 0.3 is 0 Å². The lowest BCUT2D eigenvalue weighted by Gasteiger charge is -2.48. The number of nitrogens with one attached hydrogen (secondary N) is 1. The quantitative estimate of drug-likeness (QED) is 0.918. The molecule has 1 N–H and O–H groups in total. The fraction of sp³-hybridized carbons (Fsp3) is 0.667. The average Bonchev–Trinajstić information content (AvgIpc) is 2.35. The first-order valence-electron chi connectivity index (χ1n) is 7.21. The van der Waals surface area contributed by atoms with Crippen molar-refractivity contribution in [1.29, 1.82) is 0 Å². The van der Waals surface area contributed by atoms with Crippen molar-refractivity contribution in [2.75, 3.05) is 18.4 Å². The SMILES string of the molecule is C[C@@H](C(=O)Nc1ncccn1)N1CC(C)(C)OC(C)(C)C1. The van der Waals surface area contributed by atoms with Gasteiger partial charge in [-0.25, -0.2) is 9.97 Å². The fourth-order valence-electron chi connectivity index (χ4n) is 2.86. The highest BCUT2D eigenvalue weighted by Crippen LogP contribution is 2.29. The van der Waals surface area contributed by atoms with E-state index in [0.29, 0.717) is 19.0 Å². The Balaban J connectivity index is 2.05. The van der Waals surface area contributed by atoms with Gasteiger partial charge in [-0.05, 0) is 40.7 Å². The molecule has 6 heteroatoms. The number of nitrogens with zero attached hydrogens (tertiary/aromatic N) is 3. The van der Waals surface area contributed by atoms with Crippen LogP contribution < -0.4 is 5.32 Å². The Hall–Kier alpha value is -1.53. The Bertz CT molecular complexity index is 486. The van der Waals surface area contributed by atoms with Crippen molar-refractivity contribution in [3.63, 3.8) is 0 Å². The molecule has 1 aliphatic rings. The summed E-state index contributed by atoms with van der Waals surface area (Å²) in [4.78, 5) is 22.5. The summed E-state index contributed by atoms with van der Waals surface area (Å²) in [5, 5.41) is 2.75. The minimum absolute atomic E-state index is 0.102. The smallest absolute Gasteiger partial charge is 0.243 e. The van der Waals surface area contributed by atoms with Crippen LogP contribution in [-0.4, -0.2) is 51.1 Å². The maximum absolute atomic E-state index is 12.4. The van der Waals surface area contributed by atoms with E-state index in [1.165, 1.54) is 0 Å². The first kappa shape index (κ1) is 15.9. The van der Waals surface area contributed by atoms with Gasteiger partial charge in [0, 0.05) is 25.5 Å². The van der Waals surface area contributed by atoms with Crippen LogP contribution in [0.3, 0.4) is 0 Å². The van der Waals surface area contributed by atoms with Crippen molar-refractivity contribution < 1.29 is 9.53 Å². The number of carbonyl (C=O) groups is 1. The number of anilines is 1. The second-order valence-electron chi connectivity index (χ2n) is 6.76. The van der Waals surface area contributed by atoms with E-state index < -0.39 is 0 Å². The lowest BCUT2D eigenvalue weighted by Crippen LogP contribution is -2.61. The predicted octanol–water partition coefficient (Wildman–Crippen LogP) is 1.69. The summed E-state index contributed by atoms with van der Waals surface area (Å²) in [5.41, 5.74) is -0.556. The van der Waals surface area contributed by atoms with Crippen LogP contribution in [0, 0.1) is 0 Å². The molecule has 1 fully saturated rings. The van der Waals surface area contributed by atoms with Gasteiger partial charge in [0.05, 0.1) is 17.2 Å². The third-order valence-corrected chi connectivity index (χ3v) is 3.45. The highest BCUT2D eigenvalue weighted by Gasteiger charge is 2.41. The molecule has 6 nitrogen and oxygen atoms in total. The van der Waals surface area contributed by atoms with Crippen LogP contribution in [0.5, 0.6) is 0 Å². The molecule has 21 heavy (non-hydrogen) atoms. The Morgan fingerprint density at radius 2 is 1.76 bits per heavy atom. The molecule has 0 unspecified atom stereocenters. The summed E-state index contributed by atoms with van der Waals surface area (Å²) in [7, 11) is 0. The molecular formula is C15H24N4O2. The first-order valence-corrected chi connectivity index (χ1v) is 7.21. The third-order valence-electron chi connectivity index (χ3n) is 3.45. The molecule has 0 saturated carbocycles. The van der Waals surface area contributed by atoms with Crippen LogP contribution in [0.2, 0.25) is 0 Å². The zero-order valence-corrected chi connectivity index (χ0v) is 13.4. The van der Waals surface area contributed by atoms with Crippen LogP contribution in [0.4, 0.5) is 5.95 Å². The number of rotatable bonds is 3. The van der Waals surface area contributed by atoms with Gasteiger partial charge in [-0.3, -0.25) is 15.0 Å². The molecule has 116 valence electrons. The molecule has 0 aromatic carbocycles. The second kappa shape index (κ2) is 5.69. The summed E-state index contributed by atoms with van der Waals surface area (Å²) in [6, 6.07) is 1.45. The Morgan fingerprint density at radius 3 is 2.29 bits per heavy atom. The van der Waals surface area contributed by atoms with Crippen molar-refractivity contribution >= 4 is 11.9 Å². The molecular weight excluding hydrogens is 268 g/mol. The van der Waals surface area contributed by atoms with Gasteiger partial charge in [-0.15, -0.1) is 0 Å². The summed E-state index contributed by atoms with van der Waals surface area (Å²) in [6.07, 6.45) is 3.21. The van der Waals surface area contributed by atoms with Crippen molar-refractivity contribution in [3.05, 3.63) is 18.5 Å². The molecule has 2 rings (SSSR count). The van der Waals surface area contributed by atoms with Crippen molar-refractivity contribution in [3.8, 4) is 0 Å². The van der Waals surface area contributed by atoms with Crippen molar-refractivity contribution in [2.24, 2.45) is 0 Å². The summed E-state index contributed by atoms with van der Waals surface area (Å²) < 4.78 is 6.04. The van der Waals surface area contributed by atoms with Gasteiger partial charge < -0.3 is 4.74 Å². The normalized spacial score (nSPS) is 22.5. The fourth-order valence-corrected chi connectivity index (χ4v) is 2.86. The number of hydrogen-bond donors (Lipinski definition) is 1. The van der Waals surface area contributed by atoms with Gasteiger partial charge in [-0.1, -0.05) is 0 Å². The predicted molar refractivity (Wildman–Crippen MR) is 80.9 cm³/mol. The number of morpholine rings is 1. The molecule has 2 heterocycles. The van der Waals surface area contributed by atoms with Crippen LogP contribution >= 0.6 is 0 Å².